The number of benzene rings is 1. The molecule has 1 aliphatic heterocycles. The van der Waals surface area contributed by atoms with Gasteiger partial charge in [0.1, 0.15) is 6.61 Å². The van der Waals surface area contributed by atoms with E-state index in [9.17, 15) is 9.59 Å². The first kappa shape index (κ1) is 19.0. The van der Waals surface area contributed by atoms with E-state index in [1.807, 2.05) is 57.2 Å². The highest BCUT2D eigenvalue weighted by atomic mass is 16.5. The van der Waals surface area contributed by atoms with Crippen molar-refractivity contribution in [2.45, 2.75) is 45.5 Å². The number of rotatable bonds is 5. The fraction of sp³-hybridized carbons (Fsp3) is 0.381. The lowest BCUT2D eigenvalue weighted by atomic mass is 9.95. The van der Waals surface area contributed by atoms with Crippen molar-refractivity contribution in [2.75, 3.05) is 6.61 Å². The Morgan fingerprint density at radius 3 is 2.70 bits per heavy atom. The first-order valence-corrected chi connectivity index (χ1v) is 9.14. The van der Waals surface area contributed by atoms with E-state index in [2.05, 4.69) is 10.3 Å². The molecule has 1 aromatic heterocycles. The van der Waals surface area contributed by atoms with Gasteiger partial charge in [-0.2, -0.15) is 0 Å². The minimum absolute atomic E-state index is 0.0376. The van der Waals surface area contributed by atoms with Crippen LogP contribution in [0.5, 0.6) is 0 Å². The SMILES string of the molecule is Cc1cnccc1CNC(=O)[C@H]1OCC(=O)N(C(C)C)[C@@H]1c1ccccc1. The van der Waals surface area contributed by atoms with Crippen molar-refractivity contribution in [3.8, 4) is 0 Å². The van der Waals surface area contributed by atoms with E-state index < -0.39 is 12.1 Å². The van der Waals surface area contributed by atoms with E-state index in [1.165, 1.54) is 0 Å². The second-order valence-electron chi connectivity index (χ2n) is 7.00. The molecule has 1 N–H and O–H groups in total. The number of pyridine rings is 1. The number of morpholine rings is 1. The van der Waals surface area contributed by atoms with Crippen molar-refractivity contribution < 1.29 is 14.3 Å². The van der Waals surface area contributed by atoms with Crippen LogP contribution < -0.4 is 5.32 Å². The molecule has 0 saturated carbocycles. The summed E-state index contributed by atoms with van der Waals surface area (Å²) >= 11 is 0. The molecule has 0 bridgehead atoms. The van der Waals surface area contributed by atoms with Gasteiger partial charge in [0, 0.05) is 25.0 Å². The Labute approximate surface area is 159 Å². The molecule has 142 valence electrons. The standard InChI is InChI=1S/C21H25N3O3/c1-14(2)24-18(25)13-27-20(19(24)16-7-5-4-6-8-16)21(26)23-12-17-9-10-22-11-15(17)3/h4-11,14,19-20H,12-13H2,1-3H3,(H,23,26)/t19-,20+/m1/s1. The summed E-state index contributed by atoms with van der Waals surface area (Å²) in [6.07, 6.45) is 2.72. The van der Waals surface area contributed by atoms with Gasteiger partial charge in [0.25, 0.3) is 5.91 Å². The van der Waals surface area contributed by atoms with Crippen LogP contribution in [0, 0.1) is 6.92 Å². The molecular formula is C21H25N3O3. The second-order valence-corrected chi connectivity index (χ2v) is 7.00. The maximum Gasteiger partial charge on any atom is 0.251 e. The van der Waals surface area contributed by atoms with Gasteiger partial charge in [0.2, 0.25) is 5.91 Å². The summed E-state index contributed by atoms with van der Waals surface area (Å²) in [6, 6.07) is 11.0. The van der Waals surface area contributed by atoms with Crippen LogP contribution in [-0.2, 0) is 20.9 Å². The molecule has 1 saturated heterocycles. The first-order valence-electron chi connectivity index (χ1n) is 9.14. The van der Waals surface area contributed by atoms with E-state index in [4.69, 9.17) is 4.74 Å². The van der Waals surface area contributed by atoms with Crippen molar-refractivity contribution in [2.24, 2.45) is 0 Å². The monoisotopic (exact) mass is 367 g/mol. The zero-order valence-corrected chi connectivity index (χ0v) is 15.9. The van der Waals surface area contributed by atoms with Crippen molar-refractivity contribution in [3.63, 3.8) is 0 Å². The summed E-state index contributed by atoms with van der Waals surface area (Å²) in [7, 11) is 0. The Kier molecular flexibility index (Phi) is 5.86. The molecule has 6 nitrogen and oxygen atoms in total. The molecular weight excluding hydrogens is 342 g/mol. The Hall–Kier alpha value is -2.73. The van der Waals surface area contributed by atoms with Crippen molar-refractivity contribution in [3.05, 3.63) is 65.5 Å². The van der Waals surface area contributed by atoms with Crippen molar-refractivity contribution in [1.29, 1.82) is 0 Å². The van der Waals surface area contributed by atoms with E-state index in [1.54, 1.807) is 17.3 Å². The molecule has 0 radical (unpaired) electrons. The fourth-order valence-corrected chi connectivity index (χ4v) is 3.43. The van der Waals surface area contributed by atoms with Crippen LogP contribution >= 0.6 is 0 Å². The number of nitrogens with one attached hydrogen (secondary N) is 1. The predicted molar refractivity (Wildman–Crippen MR) is 102 cm³/mol. The summed E-state index contributed by atoms with van der Waals surface area (Å²) in [5.41, 5.74) is 2.91. The maximum atomic E-state index is 13.0. The van der Waals surface area contributed by atoms with Gasteiger partial charge in [-0.15, -0.1) is 0 Å². The van der Waals surface area contributed by atoms with Gasteiger partial charge in [-0.05, 0) is 43.5 Å². The van der Waals surface area contributed by atoms with Gasteiger partial charge in [0.05, 0.1) is 6.04 Å². The molecule has 0 spiro atoms. The number of aromatic nitrogens is 1. The van der Waals surface area contributed by atoms with E-state index in [0.717, 1.165) is 16.7 Å². The van der Waals surface area contributed by atoms with E-state index in [-0.39, 0.29) is 24.5 Å². The lowest BCUT2D eigenvalue weighted by Crippen LogP contribution is -2.56. The third-order valence-corrected chi connectivity index (χ3v) is 4.81. The maximum absolute atomic E-state index is 13.0. The van der Waals surface area contributed by atoms with Crippen LogP contribution in [-0.4, -0.2) is 40.5 Å². The Morgan fingerprint density at radius 2 is 2.04 bits per heavy atom. The molecule has 2 atom stereocenters. The van der Waals surface area contributed by atoms with Gasteiger partial charge in [-0.25, -0.2) is 0 Å². The highest BCUT2D eigenvalue weighted by Crippen LogP contribution is 2.32. The Balaban J connectivity index is 1.84. The largest absolute Gasteiger partial charge is 0.356 e. The number of hydrogen-bond acceptors (Lipinski definition) is 4. The lowest BCUT2D eigenvalue weighted by Gasteiger charge is -2.42. The summed E-state index contributed by atoms with van der Waals surface area (Å²) < 4.78 is 5.70. The first-order chi connectivity index (χ1) is 13.0. The molecule has 2 aromatic rings. The molecule has 2 heterocycles. The van der Waals surface area contributed by atoms with Gasteiger partial charge in [0.15, 0.2) is 6.10 Å². The molecule has 1 aliphatic rings. The van der Waals surface area contributed by atoms with E-state index >= 15 is 0 Å². The molecule has 2 amide bonds. The number of ether oxygens (including phenoxy) is 1. The molecule has 1 aromatic carbocycles. The minimum Gasteiger partial charge on any atom is -0.356 e. The van der Waals surface area contributed by atoms with Gasteiger partial charge in [-0.3, -0.25) is 14.6 Å². The third kappa shape index (κ3) is 4.17. The average Bonchev–Trinajstić information content (AvgIpc) is 2.67. The van der Waals surface area contributed by atoms with Gasteiger partial charge < -0.3 is 15.0 Å². The lowest BCUT2D eigenvalue weighted by molar-refractivity contribution is -0.167. The van der Waals surface area contributed by atoms with Crippen LogP contribution in [0.1, 0.15) is 36.6 Å². The van der Waals surface area contributed by atoms with Gasteiger partial charge in [-0.1, -0.05) is 30.3 Å². The highest BCUT2D eigenvalue weighted by Gasteiger charge is 2.42. The number of hydrogen-bond donors (Lipinski definition) is 1. The number of amides is 2. The van der Waals surface area contributed by atoms with Crippen LogP contribution in [0.3, 0.4) is 0 Å². The van der Waals surface area contributed by atoms with Crippen LogP contribution in [0.2, 0.25) is 0 Å². The zero-order chi connectivity index (χ0) is 19.4. The van der Waals surface area contributed by atoms with Crippen molar-refractivity contribution >= 4 is 11.8 Å². The molecule has 6 heteroatoms. The highest BCUT2D eigenvalue weighted by molar-refractivity contribution is 5.86. The number of carbonyl (C=O) groups is 2. The van der Waals surface area contributed by atoms with Gasteiger partial charge >= 0.3 is 0 Å². The smallest absolute Gasteiger partial charge is 0.251 e. The average molecular weight is 367 g/mol. The molecule has 0 unspecified atom stereocenters. The summed E-state index contributed by atoms with van der Waals surface area (Å²) in [5.74, 6) is -0.328. The topological polar surface area (TPSA) is 71.5 Å². The number of carbonyl (C=O) groups excluding carboxylic acids is 2. The summed E-state index contributed by atoms with van der Waals surface area (Å²) in [6.45, 7) is 6.17. The minimum atomic E-state index is -0.755. The van der Waals surface area contributed by atoms with Crippen LogP contribution in [0.25, 0.3) is 0 Å². The van der Waals surface area contributed by atoms with Crippen LogP contribution in [0.15, 0.2) is 48.8 Å². The van der Waals surface area contributed by atoms with Crippen LogP contribution in [0.4, 0.5) is 0 Å². The number of aryl methyl sites for hydroxylation is 1. The molecule has 1 fully saturated rings. The fourth-order valence-electron chi connectivity index (χ4n) is 3.43. The zero-order valence-electron chi connectivity index (χ0n) is 15.9. The normalized spacial score (nSPS) is 20.0. The third-order valence-electron chi connectivity index (χ3n) is 4.81. The quantitative estimate of drug-likeness (QED) is 0.881. The molecule has 27 heavy (non-hydrogen) atoms. The summed E-state index contributed by atoms with van der Waals surface area (Å²) in [4.78, 5) is 31.2. The predicted octanol–water partition coefficient (Wildman–Crippen LogP) is 2.38. The molecule has 3 rings (SSSR count). The molecule has 0 aliphatic carbocycles. The number of nitrogens with zero attached hydrogens (tertiary/aromatic N) is 2. The summed E-state index contributed by atoms with van der Waals surface area (Å²) in [5, 5.41) is 2.95. The van der Waals surface area contributed by atoms with Crippen molar-refractivity contribution in [1.82, 2.24) is 15.2 Å². The second kappa shape index (κ2) is 8.31. The Morgan fingerprint density at radius 1 is 1.30 bits per heavy atom. The Bertz CT molecular complexity index is 807. The van der Waals surface area contributed by atoms with E-state index in [0.29, 0.717) is 6.54 Å².